The van der Waals surface area contributed by atoms with Gasteiger partial charge in [-0.1, -0.05) is 30.3 Å². The van der Waals surface area contributed by atoms with Crippen molar-refractivity contribution in [1.29, 1.82) is 0 Å². The number of nitrogens with one attached hydrogen (secondary N) is 1. The van der Waals surface area contributed by atoms with Gasteiger partial charge in [-0.2, -0.15) is 0 Å². The number of amides is 1. The summed E-state index contributed by atoms with van der Waals surface area (Å²) in [6.45, 7) is 3.97. The SMILES string of the molecule is CCNC(=O)O[C@H](C)[C@H](O)c1ccccc1. The molecule has 0 bridgehead atoms. The Morgan fingerprint density at radius 2 is 2.06 bits per heavy atom. The summed E-state index contributed by atoms with van der Waals surface area (Å²) in [7, 11) is 0. The smallest absolute Gasteiger partial charge is 0.407 e. The number of hydrogen-bond donors (Lipinski definition) is 2. The average Bonchev–Trinajstić information content (AvgIpc) is 2.29. The summed E-state index contributed by atoms with van der Waals surface area (Å²) in [4.78, 5) is 11.1. The Morgan fingerprint density at radius 3 is 2.62 bits per heavy atom. The molecule has 2 N–H and O–H groups in total. The van der Waals surface area contributed by atoms with Crippen molar-refractivity contribution in [3.63, 3.8) is 0 Å². The number of ether oxygens (including phenoxy) is 1. The van der Waals surface area contributed by atoms with Gasteiger partial charge >= 0.3 is 6.09 Å². The molecule has 0 aromatic heterocycles. The molecule has 0 aliphatic carbocycles. The topological polar surface area (TPSA) is 58.6 Å². The maximum Gasteiger partial charge on any atom is 0.407 e. The van der Waals surface area contributed by atoms with Gasteiger partial charge in [-0.25, -0.2) is 4.79 Å². The van der Waals surface area contributed by atoms with Crippen LogP contribution in [0.15, 0.2) is 30.3 Å². The number of aliphatic hydroxyl groups excluding tert-OH is 1. The van der Waals surface area contributed by atoms with Crippen LogP contribution in [0.3, 0.4) is 0 Å². The van der Waals surface area contributed by atoms with Crippen molar-refractivity contribution in [3.8, 4) is 0 Å². The van der Waals surface area contributed by atoms with Gasteiger partial charge in [0.1, 0.15) is 12.2 Å². The second kappa shape index (κ2) is 6.12. The van der Waals surface area contributed by atoms with Crippen LogP contribution in [0.5, 0.6) is 0 Å². The lowest BCUT2D eigenvalue weighted by Gasteiger charge is -2.19. The van der Waals surface area contributed by atoms with Gasteiger partial charge in [0, 0.05) is 6.54 Å². The van der Waals surface area contributed by atoms with Gasteiger partial charge < -0.3 is 15.2 Å². The van der Waals surface area contributed by atoms with Crippen molar-refractivity contribution < 1.29 is 14.6 Å². The molecule has 4 heteroatoms. The number of rotatable bonds is 4. The molecule has 1 aromatic rings. The molecule has 0 unspecified atom stereocenters. The highest BCUT2D eigenvalue weighted by Crippen LogP contribution is 2.18. The van der Waals surface area contributed by atoms with E-state index in [1.165, 1.54) is 0 Å². The Labute approximate surface area is 95.2 Å². The minimum Gasteiger partial charge on any atom is -0.443 e. The fourth-order valence-electron chi connectivity index (χ4n) is 1.34. The molecule has 0 heterocycles. The van der Waals surface area contributed by atoms with E-state index in [-0.39, 0.29) is 0 Å². The molecule has 0 spiro atoms. The lowest BCUT2D eigenvalue weighted by atomic mass is 10.1. The zero-order valence-corrected chi connectivity index (χ0v) is 9.51. The standard InChI is InChI=1S/C12H17NO3/c1-3-13-12(15)16-9(2)11(14)10-7-5-4-6-8-10/h4-9,11,14H,3H2,1-2H3,(H,13,15)/t9-,11+/m1/s1. The first-order chi connectivity index (χ1) is 7.65. The van der Waals surface area contributed by atoms with Crippen molar-refractivity contribution >= 4 is 6.09 Å². The fourth-order valence-corrected chi connectivity index (χ4v) is 1.34. The van der Waals surface area contributed by atoms with Gasteiger partial charge in [0.05, 0.1) is 0 Å². The summed E-state index contributed by atoms with van der Waals surface area (Å²) >= 11 is 0. The Bertz CT molecular complexity index is 326. The molecule has 0 saturated carbocycles. The molecule has 4 nitrogen and oxygen atoms in total. The summed E-state index contributed by atoms with van der Waals surface area (Å²) in [6.07, 6.45) is -1.89. The van der Waals surface area contributed by atoms with E-state index in [1.54, 1.807) is 26.0 Å². The predicted octanol–water partition coefficient (Wildman–Crippen LogP) is 1.85. The number of carbonyl (C=O) groups is 1. The maximum atomic E-state index is 11.1. The number of aliphatic hydroxyl groups is 1. The van der Waals surface area contributed by atoms with Gasteiger partial charge in [-0.15, -0.1) is 0 Å². The monoisotopic (exact) mass is 223 g/mol. The second-order valence-corrected chi connectivity index (χ2v) is 3.50. The van der Waals surface area contributed by atoms with Crippen LogP contribution in [-0.2, 0) is 4.74 Å². The molecule has 0 aliphatic rings. The van der Waals surface area contributed by atoms with Crippen LogP contribution < -0.4 is 5.32 Å². The molecule has 88 valence electrons. The van der Waals surface area contributed by atoms with Crippen LogP contribution in [0, 0.1) is 0 Å². The first-order valence-corrected chi connectivity index (χ1v) is 5.32. The summed E-state index contributed by atoms with van der Waals surface area (Å²) in [5.41, 5.74) is 0.735. The molecule has 0 aliphatic heterocycles. The molecule has 0 radical (unpaired) electrons. The average molecular weight is 223 g/mol. The minimum atomic E-state index is -0.802. The summed E-state index contributed by atoms with van der Waals surface area (Å²) in [6, 6.07) is 9.12. The van der Waals surface area contributed by atoms with Crippen LogP contribution in [0.2, 0.25) is 0 Å². The number of hydrogen-bond acceptors (Lipinski definition) is 3. The molecular formula is C12H17NO3. The van der Waals surface area contributed by atoms with E-state index in [0.717, 1.165) is 5.56 Å². The van der Waals surface area contributed by atoms with Crippen molar-refractivity contribution in [2.75, 3.05) is 6.54 Å². The van der Waals surface area contributed by atoms with Gasteiger partial charge in [0.2, 0.25) is 0 Å². The Kier molecular flexibility index (Phi) is 4.79. The fraction of sp³-hybridized carbons (Fsp3) is 0.417. The quantitative estimate of drug-likeness (QED) is 0.819. The highest BCUT2D eigenvalue weighted by molar-refractivity contribution is 5.67. The normalized spacial score (nSPS) is 13.9. The zero-order chi connectivity index (χ0) is 12.0. The predicted molar refractivity (Wildman–Crippen MR) is 61.0 cm³/mol. The third-order valence-electron chi connectivity index (χ3n) is 2.20. The van der Waals surface area contributed by atoms with Gasteiger partial charge in [-0.3, -0.25) is 0 Å². The Hall–Kier alpha value is -1.55. The first-order valence-electron chi connectivity index (χ1n) is 5.32. The molecule has 1 rings (SSSR count). The number of alkyl carbamates (subject to hydrolysis) is 1. The number of benzene rings is 1. The van der Waals surface area contributed by atoms with E-state index in [2.05, 4.69) is 5.32 Å². The van der Waals surface area contributed by atoms with Crippen molar-refractivity contribution in [2.24, 2.45) is 0 Å². The molecule has 2 atom stereocenters. The maximum absolute atomic E-state index is 11.1. The summed E-state index contributed by atoms with van der Waals surface area (Å²) < 4.78 is 5.01. The lowest BCUT2D eigenvalue weighted by molar-refractivity contribution is 0.0121. The van der Waals surface area contributed by atoms with Crippen LogP contribution >= 0.6 is 0 Å². The third kappa shape index (κ3) is 3.55. The van der Waals surface area contributed by atoms with Gasteiger partial charge in [0.25, 0.3) is 0 Å². The highest BCUT2D eigenvalue weighted by Gasteiger charge is 2.19. The van der Waals surface area contributed by atoms with Gasteiger partial charge in [-0.05, 0) is 19.4 Å². The van der Waals surface area contributed by atoms with E-state index >= 15 is 0 Å². The Balaban J connectivity index is 2.54. The Morgan fingerprint density at radius 1 is 1.44 bits per heavy atom. The van der Waals surface area contributed by atoms with E-state index in [9.17, 15) is 9.90 Å². The molecule has 0 saturated heterocycles. The van der Waals surface area contributed by atoms with Crippen LogP contribution in [0.25, 0.3) is 0 Å². The van der Waals surface area contributed by atoms with E-state index in [4.69, 9.17) is 4.74 Å². The van der Waals surface area contributed by atoms with Crippen LogP contribution in [0.4, 0.5) is 4.79 Å². The second-order valence-electron chi connectivity index (χ2n) is 3.50. The summed E-state index contributed by atoms with van der Waals surface area (Å²) in [5.74, 6) is 0. The summed E-state index contributed by atoms with van der Waals surface area (Å²) in [5, 5.41) is 12.4. The third-order valence-corrected chi connectivity index (χ3v) is 2.20. The largest absolute Gasteiger partial charge is 0.443 e. The molecule has 1 amide bonds. The van der Waals surface area contributed by atoms with Crippen molar-refractivity contribution in [2.45, 2.75) is 26.1 Å². The van der Waals surface area contributed by atoms with E-state index in [0.29, 0.717) is 6.54 Å². The van der Waals surface area contributed by atoms with Crippen molar-refractivity contribution in [3.05, 3.63) is 35.9 Å². The van der Waals surface area contributed by atoms with E-state index < -0.39 is 18.3 Å². The van der Waals surface area contributed by atoms with Gasteiger partial charge in [0.15, 0.2) is 0 Å². The van der Waals surface area contributed by atoms with Crippen LogP contribution in [0.1, 0.15) is 25.5 Å². The van der Waals surface area contributed by atoms with Crippen LogP contribution in [-0.4, -0.2) is 23.8 Å². The molecular weight excluding hydrogens is 206 g/mol. The first kappa shape index (κ1) is 12.5. The minimum absolute atomic E-state index is 0.507. The number of carbonyl (C=O) groups excluding carboxylic acids is 1. The lowest BCUT2D eigenvalue weighted by Crippen LogP contribution is -2.30. The molecule has 16 heavy (non-hydrogen) atoms. The highest BCUT2D eigenvalue weighted by atomic mass is 16.6. The van der Waals surface area contributed by atoms with E-state index in [1.807, 2.05) is 18.2 Å². The zero-order valence-electron chi connectivity index (χ0n) is 9.51. The molecule has 0 fully saturated rings. The molecule has 1 aromatic carbocycles. The van der Waals surface area contributed by atoms with Crippen molar-refractivity contribution in [1.82, 2.24) is 5.32 Å².